The maximum Gasteiger partial charge on any atom is 0.267 e. The van der Waals surface area contributed by atoms with Crippen LogP contribution in [0.1, 0.15) is 23.6 Å². The first-order chi connectivity index (χ1) is 11.2. The molecule has 1 aromatic carbocycles. The van der Waals surface area contributed by atoms with Crippen LogP contribution in [0, 0.1) is 0 Å². The van der Waals surface area contributed by atoms with Gasteiger partial charge >= 0.3 is 0 Å². The number of hydrazone groups is 1. The minimum absolute atomic E-state index is 0.239. The summed E-state index contributed by atoms with van der Waals surface area (Å²) in [5.74, 6) is -0.247. The largest absolute Gasteiger partial charge is 0.493 e. The van der Waals surface area contributed by atoms with Crippen molar-refractivity contribution in [1.82, 2.24) is 14.8 Å². The second-order valence-corrected chi connectivity index (χ2v) is 5.39. The molecule has 0 bridgehead atoms. The molecule has 114 valence electrons. The van der Waals surface area contributed by atoms with Gasteiger partial charge in [-0.05, 0) is 17.7 Å². The summed E-state index contributed by atoms with van der Waals surface area (Å²) < 4.78 is 1.43. The van der Waals surface area contributed by atoms with Gasteiger partial charge in [0.15, 0.2) is 0 Å². The van der Waals surface area contributed by atoms with Gasteiger partial charge in [-0.2, -0.15) is 10.1 Å². The monoisotopic (exact) mass is 306 g/mol. The van der Waals surface area contributed by atoms with Crippen LogP contribution >= 0.6 is 0 Å². The molecule has 0 radical (unpaired) electrons. The van der Waals surface area contributed by atoms with Gasteiger partial charge in [0.05, 0.1) is 11.8 Å². The normalized spacial score (nSPS) is 17.0. The van der Waals surface area contributed by atoms with Gasteiger partial charge in [0.1, 0.15) is 11.2 Å². The molecule has 1 unspecified atom stereocenters. The molecule has 0 saturated carbocycles. The number of hydrogen-bond acceptors (Lipinski definition) is 5. The molecular formula is C17H14N4O2. The molecule has 0 amide bonds. The lowest BCUT2D eigenvalue weighted by Gasteiger charge is -2.12. The first kappa shape index (κ1) is 13.5. The zero-order valence-electron chi connectivity index (χ0n) is 12.2. The zero-order valence-corrected chi connectivity index (χ0v) is 12.2. The van der Waals surface area contributed by atoms with Crippen molar-refractivity contribution in [3.8, 4) is 5.88 Å². The van der Waals surface area contributed by atoms with Crippen LogP contribution in [0.25, 0.3) is 5.65 Å². The van der Waals surface area contributed by atoms with Gasteiger partial charge in [0.25, 0.3) is 5.56 Å². The topological polar surface area (TPSA) is 79.0 Å². The van der Waals surface area contributed by atoms with E-state index < -0.39 is 0 Å². The van der Waals surface area contributed by atoms with Crippen LogP contribution in [0.5, 0.6) is 5.88 Å². The second kappa shape index (κ2) is 5.24. The number of aromatic nitrogens is 2. The Hall–Kier alpha value is -3.15. The van der Waals surface area contributed by atoms with Crippen molar-refractivity contribution in [2.75, 3.05) is 0 Å². The molecule has 3 heterocycles. The number of aromatic hydroxyl groups is 1. The Kier molecular flexibility index (Phi) is 3.08. The van der Waals surface area contributed by atoms with Crippen LogP contribution in [0.4, 0.5) is 0 Å². The molecular weight excluding hydrogens is 292 g/mol. The van der Waals surface area contributed by atoms with Crippen LogP contribution in [0.15, 0.2) is 64.6 Å². The zero-order chi connectivity index (χ0) is 15.8. The van der Waals surface area contributed by atoms with Gasteiger partial charge in [0.2, 0.25) is 5.88 Å². The molecule has 3 aromatic rings. The maximum atomic E-state index is 12.7. The van der Waals surface area contributed by atoms with Crippen LogP contribution in [-0.2, 0) is 0 Å². The molecule has 6 heteroatoms. The smallest absolute Gasteiger partial charge is 0.267 e. The summed E-state index contributed by atoms with van der Waals surface area (Å²) in [5.41, 5.74) is 5.17. The average molecular weight is 306 g/mol. The Morgan fingerprint density at radius 3 is 2.74 bits per heavy atom. The third-order valence-electron chi connectivity index (χ3n) is 3.96. The summed E-state index contributed by atoms with van der Waals surface area (Å²) in [6.45, 7) is 0. The summed E-state index contributed by atoms with van der Waals surface area (Å²) in [6.07, 6.45) is 2.16. The fourth-order valence-corrected chi connectivity index (χ4v) is 2.82. The van der Waals surface area contributed by atoms with E-state index >= 15 is 0 Å². The van der Waals surface area contributed by atoms with E-state index in [1.807, 2.05) is 30.3 Å². The highest BCUT2D eigenvalue weighted by Gasteiger charge is 2.27. The number of benzene rings is 1. The lowest BCUT2D eigenvalue weighted by atomic mass is 10.0. The standard InChI is InChI=1S/C17H14N4O2/c22-16-15(17(23)21-9-5-4-8-14(21)18-16)13-10-12(19-20-13)11-6-2-1-3-7-11/h1-9,13,20,22H,10H2. The number of nitrogens with one attached hydrogen (secondary N) is 1. The first-order valence-corrected chi connectivity index (χ1v) is 7.32. The minimum atomic E-state index is -0.387. The number of fused-ring (bicyclic) bond motifs is 1. The second-order valence-electron chi connectivity index (χ2n) is 5.39. The van der Waals surface area contributed by atoms with Gasteiger partial charge < -0.3 is 10.5 Å². The van der Waals surface area contributed by atoms with E-state index in [0.717, 1.165) is 11.3 Å². The van der Waals surface area contributed by atoms with Gasteiger partial charge in [-0.3, -0.25) is 9.20 Å². The van der Waals surface area contributed by atoms with Gasteiger partial charge in [-0.15, -0.1) is 0 Å². The predicted octanol–water partition coefficient (Wildman–Crippen LogP) is 1.84. The van der Waals surface area contributed by atoms with Gasteiger partial charge in [-0.1, -0.05) is 36.4 Å². The van der Waals surface area contributed by atoms with Crippen LogP contribution in [0.2, 0.25) is 0 Å². The molecule has 0 fully saturated rings. The summed E-state index contributed by atoms with van der Waals surface area (Å²) in [5, 5.41) is 14.5. The van der Waals surface area contributed by atoms with Gasteiger partial charge in [0, 0.05) is 12.6 Å². The molecule has 1 atom stereocenters. The highest BCUT2D eigenvalue weighted by molar-refractivity contribution is 6.01. The molecule has 6 nitrogen and oxygen atoms in total. The molecule has 2 N–H and O–H groups in total. The van der Waals surface area contributed by atoms with E-state index in [9.17, 15) is 9.90 Å². The first-order valence-electron chi connectivity index (χ1n) is 7.32. The van der Waals surface area contributed by atoms with E-state index in [1.165, 1.54) is 4.40 Å². The van der Waals surface area contributed by atoms with Crippen molar-refractivity contribution in [3.05, 3.63) is 76.2 Å². The molecule has 23 heavy (non-hydrogen) atoms. The average Bonchev–Trinajstić information content (AvgIpc) is 3.05. The van der Waals surface area contributed by atoms with Crippen molar-refractivity contribution < 1.29 is 5.11 Å². The number of nitrogens with zero attached hydrogens (tertiary/aromatic N) is 3. The maximum absolute atomic E-state index is 12.7. The lowest BCUT2D eigenvalue weighted by molar-refractivity contribution is 0.432. The van der Waals surface area contributed by atoms with E-state index in [0.29, 0.717) is 12.1 Å². The minimum Gasteiger partial charge on any atom is -0.493 e. The number of rotatable bonds is 2. The molecule has 4 rings (SSSR count). The van der Waals surface area contributed by atoms with Crippen molar-refractivity contribution >= 4 is 11.4 Å². The van der Waals surface area contributed by atoms with E-state index in [-0.39, 0.29) is 23.0 Å². The highest BCUT2D eigenvalue weighted by atomic mass is 16.3. The fourth-order valence-electron chi connectivity index (χ4n) is 2.82. The van der Waals surface area contributed by atoms with Crippen molar-refractivity contribution in [3.63, 3.8) is 0 Å². The third-order valence-corrected chi connectivity index (χ3v) is 3.96. The Labute approximate surface area is 131 Å². The Morgan fingerprint density at radius 2 is 1.91 bits per heavy atom. The van der Waals surface area contributed by atoms with Gasteiger partial charge in [-0.25, -0.2) is 0 Å². The summed E-state index contributed by atoms with van der Waals surface area (Å²) in [7, 11) is 0. The highest BCUT2D eigenvalue weighted by Crippen LogP contribution is 2.27. The lowest BCUT2D eigenvalue weighted by Crippen LogP contribution is -2.25. The van der Waals surface area contributed by atoms with Crippen molar-refractivity contribution in [1.29, 1.82) is 0 Å². The van der Waals surface area contributed by atoms with Crippen molar-refractivity contribution in [2.24, 2.45) is 5.10 Å². The Bertz CT molecular complexity index is 963. The predicted molar refractivity (Wildman–Crippen MR) is 86.6 cm³/mol. The molecule has 1 aliphatic rings. The third kappa shape index (κ3) is 2.24. The quantitative estimate of drug-likeness (QED) is 0.757. The molecule has 0 spiro atoms. The van der Waals surface area contributed by atoms with Crippen LogP contribution < -0.4 is 11.0 Å². The van der Waals surface area contributed by atoms with E-state index in [2.05, 4.69) is 15.5 Å². The summed E-state index contributed by atoms with van der Waals surface area (Å²) in [6, 6.07) is 14.6. The number of hydrogen-bond donors (Lipinski definition) is 2. The molecule has 1 aliphatic heterocycles. The van der Waals surface area contributed by atoms with Crippen LogP contribution in [-0.4, -0.2) is 20.2 Å². The SMILES string of the molecule is O=c1c(C2CC(c3ccccc3)=NN2)c(O)nc2ccccn12. The Morgan fingerprint density at radius 1 is 1.13 bits per heavy atom. The van der Waals surface area contributed by atoms with E-state index in [4.69, 9.17) is 0 Å². The van der Waals surface area contributed by atoms with Crippen LogP contribution in [0.3, 0.4) is 0 Å². The fraction of sp³-hybridized carbons (Fsp3) is 0.118. The molecule has 2 aromatic heterocycles. The molecule has 0 aliphatic carbocycles. The number of pyridine rings is 1. The van der Waals surface area contributed by atoms with E-state index in [1.54, 1.807) is 24.4 Å². The molecule has 0 saturated heterocycles. The summed E-state index contributed by atoms with van der Waals surface area (Å²) in [4.78, 5) is 16.8. The summed E-state index contributed by atoms with van der Waals surface area (Å²) >= 11 is 0. The van der Waals surface area contributed by atoms with Crippen molar-refractivity contribution in [2.45, 2.75) is 12.5 Å². The Balaban J connectivity index is 1.73.